The molecule has 0 aliphatic heterocycles. The highest BCUT2D eigenvalue weighted by Gasteiger charge is 2.18. The first-order valence-corrected chi connectivity index (χ1v) is 6.94. The number of hydrogen-bond donors (Lipinski definition) is 2. The van der Waals surface area contributed by atoms with Crippen LogP contribution >= 0.6 is 0 Å². The van der Waals surface area contributed by atoms with Crippen LogP contribution in [0.25, 0.3) is 0 Å². The molecule has 1 aliphatic carbocycles. The van der Waals surface area contributed by atoms with E-state index in [0.717, 1.165) is 12.2 Å². The zero-order valence-corrected chi connectivity index (χ0v) is 11.7. The maximum Gasteiger partial charge on any atom is 0.257 e. The molecule has 0 spiro atoms. The Kier molecular flexibility index (Phi) is 4.80. The Bertz CT molecular complexity index is 446. The minimum atomic E-state index is -0.0756. The van der Waals surface area contributed by atoms with Gasteiger partial charge in [0.05, 0.1) is 0 Å². The lowest BCUT2D eigenvalue weighted by molar-refractivity contribution is -0.122. The summed E-state index contributed by atoms with van der Waals surface area (Å²) in [4.78, 5) is 11.4. The lowest BCUT2D eigenvalue weighted by Gasteiger charge is -2.25. The number of hydrogen-bond acceptors (Lipinski definition) is 3. The number of carbonyl (C=O) groups is 1. The van der Waals surface area contributed by atoms with Crippen molar-refractivity contribution in [1.82, 2.24) is 10.6 Å². The van der Waals surface area contributed by atoms with E-state index in [4.69, 9.17) is 4.74 Å². The number of aryl methyl sites for hydroxylation is 1. The Balaban J connectivity index is 2.02. The highest BCUT2D eigenvalue weighted by Crippen LogP contribution is 2.31. The summed E-state index contributed by atoms with van der Waals surface area (Å²) >= 11 is 0. The Labute approximate surface area is 114 Å². The smallest absolute Gasteiger partial charge is 0.257 e. The number of nitrogens with one attached hydrogen (secondary N) is 2. The third-order valence-electron chi connectivity index (χ3n) is 3.52. The van der Waals surface area contributed by atoms with Gasteiger partial charge in [0, 0.05) is 12.6 Å². The third-order valence-corrected chi connectivity index (χ3v) is 3.52. The van der Waals surface area contributed by atoms with E-state index >= 15 is 0 Å². The number of carbonyl (C=O) groups excluding carboxylic acids is 1. The van der Waals surface area contributed by atoms with Crippen LogP contribution in [0.3, 0.4) is 0 Å². The van der Waals surface area contributed by atoms with Crippen LogP contribution in [0.2, 0.25) is 0 Å². The predicted molar refractivity (Wildman–Crippen MR) is 75.4 cm³/mol. The van der Waals surface area contributed by atoms with Crippen LogP contribution in [-0.2, 0) is 11.2 Å². The summed E-state index contributed by atoms with van der Waals surface area (Å²) in [6.45, 7) is 2.62. The molecule has 0 radical (unpaired) electrons. The average Bonchev–Trinajstić information content (AvgIpc) is 2.44. The van der Waals surface area contributed by atoms with E-state index in [-0.39, 0.29) is 12.5 Å². The maximum atomic E-state index is 11.4. The van der Waals surface area contributed by atoms with Crippen molar-refractivity contribution in [1.29, 1.82) is 0 Å². The van der Waals surface area contributed by atoms with Crippen molar-refractivity contribution >= 4 is 5.91 Å². The van der Waals surface area contributed by atoms with Gasteiger partial charge < -0.3 is 15.4 Å². The highest BCUT2D eigenvalue weighted by atomic mass is 16.5. The molecule has 1 aromatic rings. The van der Waals surface area contributed by atoms with E-state index in [1.165, 1.54) is 24.0 Å². The van der Waals surface area contributed by atoms with Gasteiger partial charge in [-0.15, -0.1) is 0 Å². The highest BCUT2D eigenvalue weighted by molar-refractivity contribution is 5.77. The Morgan fingerprint density at radius 1 is 1.47 bits per heavy atom. The summed E-state index contributed by atoms with van der Waals surface area (Å²) < 4.78 is 5.52. The molecule has 19 heavy (non-hydrogen) atoms. The van der Waals surface area contributed by atoms with E-state index in [1.54, 1.807) is 0 Å². The number of fused-ring (bicyclic) bond motifs is 1. The van der Waals surface area contributed by atoms with Gasteiger partial charge in [0.2, 0.25) is 0 Å². The monoisotopic (exact) mass is 262 g/mol. The van der Waals surface area contributed by atoms with Gasteiger partial charge in [-0.05, 0) is 56.5 Å². The Hall–Kier alpha value is -1.55. The van der Waals surface area contributed by atoms with Gasteiger partial charge in [-0.3, -0.25) is 4.79 Å². The summed E-state index contributed by atoms with van der Waals surface area (Å²) in [7, 11) is 2.00. The fourth-order valence-electron chi connectivity index (χ4n) is 2.58. The molecule has 0 saturated carbocycles. The van der Waals surface area contributed by atoms with Crippen molar-refractivity contribution in [3.63, 3.8) is 0 Å². The molecule has 1 aromatic carbocycles. The molecule has 4 nitrogen and oxygen atoms in total. The third kappa shape index (κ3) is 3.47. The van der Waals surface area contributed by atoms with E-state index in [2.05, 4.69) is 22.8 Å². The minimum absolute atomic E-state index is 0.0756. The molecule has 2 rings (SSSR count). The van der Waals surface area contributed by atoms with Gasteiger partial charge in [0.15, 0.2) is 6.61 Å². The normalized spacial score (nSPS) is 17.7. The quantitative estimate of drug-likeness (QED) is 0.850. The molecular formula is C15H22N2O2. The van der Waals surface area contributed by atoms with Crippen molar-refractivity contribution in [2.75, 3.05) is 20.2 Å². The van der Waals surface area contributed by atoms with Crippen LogP contribution in [0, 0.1) is 0 Å². The van der Waals surface area contributed by atoms with Crippen molar-refractivity contribution in [2.45, 2.75) is 32.2 Å². The van der Waals surface area contributed by atoms with Crippen LogP contribution in [0.5, 0.6) is 5.75 Å². The Morgan fingerprint density at radius 3 is 3.05 bits per heavy atom. The molecule has 1 atom stereocenters. The second-order valence-electron chi connectivity index (χ2n) is 4.84. The summed E-state index contributed by atoms with van der Waals surface area (Å²) in [5.41, 5.74) is 2.69. The van der Waals surface area contributed by atoms with Crippen LogP contribution in [0.4, 0.5) is 0 Å². The van der Waals surface area contributed by atoms with E-state index in [9.17, 15) is 4.79 Å². The first kappa shape index (κ1) is 13.9. The van der Waals surface area contributed by atoms with Crippen LogP contribution in [0.1, 0.15) is 36.9 Å². The van der Waals surface area contributed by atoms with E-state index in [0.29, 0.717) is 12.6 Å². The molecule has 0 fully saturated rings. The van der Waals surface area contributed by atoms with E-state index in [1.807, 2.05) is 20.0 Å². The topological polar surface area (TPSA) is 50.4 Å². The van der Waals surface area contributed by atoms with Crippen molar-refractivity contribution < 1.29 is 9.53 Å². The molecule has 1 amide bonds. The number of likely N-dealkylation sites (N-methyl/N-ethyl adjacent to an activating group) is 1. The fourth-order valence-corrected chi connectivity index (χ4v) is 2.58. The number of ether oxygens (including phenoxy) is 1. The number of benzene rings is 1. The maximum absolute atomic E-state index is 11.4. The summed E-state index contributed by atoms with van der Waals surface area (Å²) in [5, 5.41) is 6.06. The van der Waals surface area contributed by atoms with Crippen LogP contribution < -0.4 is 15.4 Å². The second-order valence-corrected chi connectivity index (χ2v) is 4.84. The molecule has 1 aliphatic rings. The SMILES string of the molecule is CCNC(=O)COc1ccc2c(c1)CCCC2NC. The molecule has 0 saturated heterocycles. The van der Waals surface area contributed by atoms with Crippen molar-refractivity contribution in [3.05, 3.63) is 29.3 Å². The number of amides is 1. The second kappa shape index (κ2) is 6.57. The van der Waals surface area contributed by atoms with Crippen molar-refractivity contribution in [3.8, 4) is 5.75 Å². The lowest BCUT2D eigenvalue weighted by atomic mass is 9.87. The van der Waals surface area contributed by atoms with Crippen molar-refractivity contribution in [2.24, 2.45) is 0 Å². The average molecular weight is 262 g/mol. The molecule has 104 valence electrons. The summed E-state index contributed by atoms with van der Waals surface area (Å²) in [6.07, 6.45) is 3.47. The van der Waals surface area contributed by atoms with Crippen LogP contribution in [0.15, 0.2) is 18.2 Å². The van der Waals surface area contributed by atoms with Gasteiger partial charge >= 0.3 is 0 Å². The van der Waals surface area contributed by atoms with Gasteiger partial charge in [0.25, 0.3) is 5.91 Å². The fraction of sp³-hybridized carbons (Fsp3) is 0.533. The molecule has 2 N–H and O–H groups in total. The first-order valence-electron chi connectivity index (χ1n) is 6.94. The zero-order chi connectivity index (χ0) is 13.7. The van der Waals surface area contributed by atoms with Gasteiger partial charge in [0.1, 0.15) is 5.75 Å². The molecule has 0 aromatic heterocycles. The minimum Gasteiger partial charge on any atom is -0.484 e. The summed E-state index contributed by atoms with van der Waals surface area (Å²) in [6, 6.07) is 6.58. The first-order chi connectivity index (χ1) is 9.24. The number of rotatable bonds is 5. The summed E-state index contributed by atoms with van der Waals surface area (Å²) in [5.74, 6) is 0.704. The lowest BCUT2D eigenvalue weighted by Crippen LogP contribution is -2.28. The van der Waals surface area contributed by atoms with Crippen LogP contribution in [-0.4, -0.2) is 26.1 Å². The molecule has 0 heterocycles. The van der Waals surface area contributed by atoms with Gasteiger partial charge in [-0.25, -0.2) is 0 Å². The van der Waals surface area contributed by atoms with E-state index < -0.39 is 0 Å². The largest absolute Gasteiger partial charge is 0.484 e. The standard InChI is InChI=1S/C15H22N2O2/c1-3-17-15(18)10-19-12-7-8-13-11(9-12)5-4-6-14(13)16-2/h7-9,14,16H,3-6,10H2,1-2H3,(H,17,18). The molecule has 1 unspecified atom stereocenters. The van der Waals surface area contributed by atoms with Gasteiger partial charge in [-0.1, -0.05) is 6.07 Å². The van der Waals surface area contributed by atoms with Gasteiger partial charge in [-0.2, -0.15) is 0 Å². The molecule has 4 heteroatoms. The molecule has 0 bridgehead atoms. The zero-order valence-electron chi connectivity index (χ0n) is 11.7. The Morgan fingerprint density at radius 2 is 2.32 bits per heavy atom. The predicted octanol–water partition coefficient (Wildman–Crippen LogP) is 1.80. The molecular weight excluding hydrogens is 240 g/mol.